The largest absolute Gasteiger partial charge is 0.460 e. The Labute approximate surface area is 293 Å². The zero-order chi connectivity index (χ0) is 33.9. The van der Waals surface area contributed by atoms with E-state index < -0.39 is 5.41 Å². The van der Waals surface area contributed by atoms with E-state index in [2.05, 4.69) is 90.9 Å². The normalized spacial score (nSPS) is 39.6. The highest BCUT2D eigenvalue weighted by molar-refractivity contribution is 6.36. The van der Waals surface area contributed by atoms with Crippen LogP contribution in [0.3, 0.4) is 0 Å². The van der Waals surface area contributed by atoms with Gasteiger partial charge in [-0.3, -0.25) is 9.78 Å². The van der Waals surface area contributed by atoms with E-state index in [4.69, 9.17) is 21.3 Å². The van der Waals surface area contributed by atoms with Crippen LogP contribution in [-0.2, 0) is 28.0 Å². The van der Waals surface area contributed by atoms with Crippen LogP contribution in [0.25, 0.3) is 10.9 Å². The molecule has 1 heterocycles. The molecule has 0 bridgehead atoms. The number of carbonyl (C=O) groups excluding carboxylic acids is 1. The number of aromatic nitrogens is 1. The first-order chi connectivity index (χ1) is 22.8. The van der Waals surface area contributed by atoms with Gasteiger partial charge >= 0.3 is 5.97 Å². The van der Waals surface area contributed by atoms with E-state index >= 15 is 0 Å². The van der Waals surface area contributed by atoms with Gasteiger partial charge in [-0.25, -0.2) is 0 Å². The van der Waals surface area contributed by atoms with Crippen LogP contribution in [0.15, 0.2) is 66.2 Å². The summed E-state index contributed by atoms with van der Waals surface area (Å²) >= 11 is 7.35. The van der Waals surface area contributed by atoms with Crippen molar-refractivity contribution >= 4 is 28.5 Å². The quantitative estimate of drug-likeness (QED) is 0.207. The molecule has 1 aromatic heterocycles. The number of allylic oxidation sites excluding steroid dienone is 2. The van der Waals surface area contributed by atoms with Crippen LogP contribution in [0.5, 0.6) is 0 Å². The van der Waals surface area contributed by atoms with E-state index in [0.717, 1.165) is 60.0 Å². The molecule has 3 saturated carbocycles. The monoisotopic (exact) mass is 663 g/mol. The third-order valence-electron chi connectivity index (χ3n) is 15.8. The average Bonchev–Trinajstić information content (AvgIpc) is 3.07. The first-order valence-electron chi connectivity index (χ1n) is 18.8. The van der Waals surface area contributed by atoms with Crippen molar-refractivity contribution in [1.29, 1.82) is 0 Å². The number of para-hydroxylation sites is 1. The molecule has 48 heavy (non-hydrogen) atoms. The molecule has 3 nitrogen and oxygen atoms in total. The third-order valence-corrected chi connectivity index (χ3v) is 16.3. The second-order valence-corrected chi connectivity index (χ2v) is 18.4. The fourth-order valence-corrected chi connectivity index (χ4v) is 13.3. The van der Waals surface area contributed by atoms with Crippen molar-refractivity contribution in [3.8, 4) is 0 Å². The molecular weight excluding hydrogens is 610 g/mol. The van der Waals surface area contributed by atoms with Gasteiger partial charge in [0.15, 0.2) is 0 Å². The van der Waals surface area contributed by atoms with Gasteiger partial charge in [0.05, 0.1) is 21.6 Å². The van der Waals surface area contributed by atoms with E-state index in [9.17, 15) is 4.79 Å². The lowest BCUT2D eigenvalue weighted by molar-refractivity contribution is -0.184. The maximum absolute atomic E-state index is 14.4. The molecule has 0 unspecified atom stereocenters. The number of esters is 1. The lowest BCUT2D eigenvalue weighted by Gasteiger charge is -2.71. The van der Waals surface area contributed by atoms with Crippen LogP contribution in [0.1, 0.15) is 110 Å². The van der Waals surface area contributed by atoms with E-state index in [1.54, 1.807) is 5.57 Å². The molecule has 0 amide bonds. The summed E-state index contributed by atoms with van der Waals surface area (Å²) in [6.07, 6.45) is 11.2. The van der Waals surface area contributed by atoms with Crippen LogP contribution < -0.4 is 0 Å². The highest BCUT2D eigenvalue weighted by Crippen LogP contribution is 2.75. The predicted molar refractivity (Wildman–Crippen MR) is 196 cm³/mol. The standard InChI is InChI=1S/C44H54ClNO2/c1-27-19-22-44(39(47)48-26-29-13-9-8-10-14-29)24-23-42(6)32(36(44)28(27)2)17-18-35-41(5)25-31-37(45)30-15-11-12-16-33(30)46-38(31)40(3,4)34(41)20-21-43(35,42)7/h8-17,27-28,34-36H,18-26H2,1-7H3/t27-,28-,34+,35-,36-,41+,42+,43-,44-/m0/s1. The molecule has 3 fully saturated rings. The molecule has 0 radical (unpaired) electrons. The number of ether oxygens (including phenoxy) is 1. The number of halogens is 1. The Morgan fingerprint density at radius 1 is 0.896 bits per heavy atom. The summed E-state index contributed by atoms with van der Waals surface area (Å²) in [7, 11) is 0. The second kappa shape index (κ2) is 10.9. The minimum Gasteiger partial charge on any atom is -0.460 e. The Hall–Kier alpha value is -2.65. The zero-order valence-corrected chi connectivity index (χ0v) is 30.9. The molecule has 5 aliphatic rings. The smallest absolute Gasteiger partial charge is 0.313 e. The number of carbonyl (C=O) groups is 1. The Balaban J connectivity index is 1.20. The average molecular weight is 664 g/mol. The highest BCUT2D eigenvalue weighted by Gasteiger charge is 2.69. The maximum Gasteiger partial charge on any atom is 0.313 e. The highest BCUT2D eigenvalue weighted by atomic mass is 35.5. The van der Waals surface area contributed by atoms with E-state index in [1.165, 1.54) is 24.1 Å². The Morgan fingerprint density at radius 3 is 2.40 bits per heavy atom. The van der Waals surface area contributed by atoms with Gasteiger partial charge in [0, 0.05) is 10.8 Å². The molecule has 0 saturated heterocycles. The number of rotatable bonds is 3. The predicted octanol–water partition coefficient (Wildman–Crippen LogP) is 11.3. The molecule has 3 aromatic rings. The molecule has 254 valence electrons. The molecule has 5 aliphatic carbocycles. The van der Waals surface area contributed by atoms with Crippen molar-refractivity contribution in [3.05, 3.63) is 88.1 Å². The maximum atomic E-state index is 14.4. The number of fused-ring (bicyclic) bond motifs is 9. The van der Waals surface area contributed by atoms with Gasteiger partial charge in [-0.2, -0.15) is 0 Å². The molecule has 2 aromatic carbocycles. The van der Waals surface area contributed by atoms with Crippen LogP contribution in [0.4, 0.5) is 0 Å². The van der Waals surface area contributed by atoms with Crippen molar-refractivity contribution in [1.82, 2.24) is 4.98 Å². The van der Waals surface area contributed by atoms with Gasteiger partial charge in [0.2, 0.25) is 0 Å². The van der Waals surface area contributed by atoms with Crippen molar-refractivity contribution in [3.63, 3.8) is 0 Å². The van der Waals surface area contributed by atoms with Crippen molar-refractivity contribution < 1.29 is 9.53 Å². The molecule has 0 aliphatic heterocycles. The summed E-state index contributed by atoms with van der Waals surface area (Å²) in [5.41, 5.74) is 5.94. The van der Waals surface area contributed by atoms with Crippen LogP contribution >= 0.6 is 11.6 Å². The van der Waals surface area contributed by atoms with Gasteiger partial charge in [0.25, 0.3) is 0 Å². The molecule has 0 N–H and O–H groups in total. The number of pyridine rings is 1. The SMILES string of the molecule is C[C@@H]1[C@H]2C3=CC[C@H]4[C@]5(C)Cc6c(nc7ccccc7c6Cl)C(C)(C)[C@H]5CC[C@]4(C)[C@]3(C)CC[C@@]2(C(=O)OCc2ccccc2)CC[C@@H]1C. The summed E-state index contributed by atoms with van der Waals surface area (Å²) in [4.78, 5) is 19.7. The topological polar surface area (TPSA) is 39.2 Å². The van der Waals surface area contributed by atoms with Gasteiger partial charge in [0.1, 0.15) is 6.61 Å². The van der Waals surface area contributed by atoms with Crippen molar-refractivity contribution in [2.24, 2.45) is 51.2 Å². The summed E-state index contributed by atoms with van der Waals surface area (Å²) < 4.78 is 6.26. The van der Waals surface area contributed by atoms with E-state index in [1.807, 2.05) is 18.2 Å². The third kappa shape index (κ3) is 4.24. The number of nitrogens with zero attached hydrogens (tertiary/aromatic N) is 1. The Kier molecular flexibility index (Phi) is 7.41. The van der Waals surface area contributed by atoms with Gasteiger partial charge in [-0.15, -0.1) is 0 Å². The minimum absolute atomic E-state index is 0.0406. The summed E-state index contributed by atoms with van der Waals surface area (Å²) in [5, 5.41) is 1.99. The summed E-state index contributed by atoms with van der Waals surface area (Å²) in [5.74, 6) is 2.37. The van der Waals surface area contributed by atoms with Crippen LogP contribution in [-0.4, -0.2) is 11.0 Å². The number of benzene rings is 2. The lowest BCUT2D eigenvalue weighted by Crippen LogP contribution is -2.65. The van der Waals surface area contributed by atoms with Gasteiger partial charge in [-0.05, 0) is 114 Å². The fourth-order valence-electron chi connectivity index (χ4n) is 13.0. The Bertz CT molecular complexity index is 1810. The lowest BCUT2D eigenvalue weighted by atomic mass is 9.33. The summed E-state index contributed by atoms with van der Waals surface area (Å²) in [6.45, 7) is 18.0. The van der Waals surface area contributed by atoms with Crippen molar-refractivity contribution in [2.75, 3.05) is 0 Å². The first kappa shape index (κ1) is 32.5. The second-order valence-electron chi connectivity index (χ2n) is 18.0. The van der Waals surface area contributed by atoms with Crippen LogP contribution in [0.2, 0.25) is 5.02 Å². The molecule has 8 rings (SSSR count). The minimum atomic E-state index is -0.428. The zero-order valence-electron chi connectivity index (χ0n) is 30.2. The van der Waals surface area contributed by atoms with E-state index in [-0.39, 0.29) is 33.5 Å². The first-order valence-corrected chi connectivity index (χ1v) is 19.1. The fraction of sp³-hybridized carbons (Fsp3) is 0.591. The van der Waals surface area contributed by atoms with Crippen molar-refractivity contribution in [2.45, 2.75) is 112 Å². The molecule has 9 atom stereocenters. The number of hydrogen-bond donors (Lipinski definition) is 0. The van der Waals surface area contributed by atoms with Gasteiger partial charge < -0.3 is 4.74 Å². The molecule has 0 spiro atoms. The number of hydrogen-bond acceptors (Lipinski definition) is 3. The molecule has 4 heteroatoms. The van der Waals surface area contributed by atoms with E-state index in [0.29, 0.717) is 30.3 Å². The summed E-state index contributed by atoms with van der Waals surface area (Å²) in [6, 6.07) is 18.6. The molecular formula is C44H54ClNO2. The Morgan fingerprint density at radius 2 is 1.62 bits per heavy atom. The van der Waals surface area contributed by atoms with Crippen LogP contribution in [0, 0.1) is 51.2 Å². The van der Waals surface area contributed by atoms with Gasteiger partial charge in [-0.1, -0.05) is 120 Å².